The molecule has 1 aliphatic heterocycles. The van der Waals surface area contributed by atoms with E-state index in [2.05, 4.69) is 0 Å². The fourth-order valence-corrected chi connectivity index (χ4v) is 2.04. The number of amides is 1. The Balaban J connectivity index is 2.51. The van der Waals surface area contributed by atoms with Gasteiger partial charge in [-0.15, -0.1) is 0 Å². The Morgan fingerprint density at radius 3 is 2.47 bits per heavy atom. The summed E-state index contributed by atoms with van der Waals surface area (Å²) in [7, 11) is 0. The van der Waals surface area contributed by atoms with Crippen molar-refractivity contribution in [2.75, 3.05) is 19.6 Å². The van der Waals surface area contributed by atoms with Crippen molar-refractivity contribution in [1.82, 2.24) is 4.90 Å². The maximum absolute atomic E-state index is 12.0. The van der Waals surface area contributed by atoms with Crippen molar-refractivity contribution in [2.24, 2.45) is 11.7 Å². The molecule has 2 N–H and O–H groups in total. The average molecular weight is 214 g/mol. The van der Waals surface area contributed by atoms with Gasteiger partial charge in [0, 0.05) is 19.0 Å². The van der Waals surface area contributed by atoms with Gasteiger partial charge in [0.25, 0.3) is 0 Å². The highest BCUT2D eigenvalue weighted by Crippen LogP contribution is 2.14. The van der Waals surface area contributed by atoms with Crippen molar-refractivity contribution in [3.63, 3.8) is 0 Å². The van der Waals surface area contributed by atoms with Gasteiger partial charge in [0.1, 0.15) is 0 Å². The first-order valence-electron chi connectivity index (χ1n) is 5.69. The van der Waals surface area contributed by atoms with Gasteiger partial charge in [0.15, 0.2) is 0 Å². The quantitative estimate of drug-likeness (QED) is 0.749. The zero-order valence-electron chi connectivity index (χ0n) is 9.90. The van der Waals surface area contributed by atoms with E-state index in [1.165, 1.54) is 0 Å². The lowest BCUT2D eigenvalue weighted by molar-refractivity contribution is -0.147. The fraction of sp³-hybridized carbons (Fsp3) is 0.909. The van der Waals surface area contributed by atoms with E-state index < -0.39 is 0 Å². The van der Waals surface area contributed by atoms with E-state index in [0.717, 1.165) is 6.42 Å². The number of morpholine rings is 1. The third-order valence-electron chi connectivity index (χ3n) is 2.75. The van der Waals surface area contributed by atoms with E-state index in [1.54, 1.807) is 0 Å². The molecule has 1 fully saturated rings. The molecular formula is C11H22N2O2. The maximum atomic E-state index is 12.0. The summed E-state index contributed by atoms with van der Waals surface area (Å²) >= 11 is 0. The number of rotatable bonds is 3. The van der Waals surface area contributed by atoms with Crippen molar-refractivity contribution in [2.45, 2.75) is 39.4 Å². The molecule has 1 aliphatic rings. The molecule has 0 saturated carbocycles. The average Bonchev–Trinajstić information content (AvgIpc) is 2.15. The van der Waals surface area contributed by atoms with Crippen molar-refractivity contribution < 1.29 is 9.53 Å². The number of ether oxygens (including phenoxy) is 1. The van der Waals surface area contributed by atoms with Gasteiger partial charge in [-0.25, -0.2) is 0 Å². The summed E-state index contributed by atoms with van der Waals surface area (Å²) in [5.74, 6) is 0.245. The second kappa shape index (κ2) is 5.47. The SMILES string of the molecule is CC(CCN)C(=O)N1C[C@@H](C)O[C@@H](C)C1. The minimum atomic E-state index is 0.0347. The lowest BCUT2D eigenvalue weighted by Gasteiger charge is -2.36. The number of hydrogen-bond acceptors (Lipinski definition) is 3. The van der Waals surface area contributed by atoms with Crippen molar-refractivity contribution in [3.05, 3.63) is 0 Å². The van der Waals surface area contributed by atoms with E-state index in [4.69, 9.17) is 10.5 Å². The van der Waals surface area contributed by atoms with Crippen molar-refractivity contribution >= 4 is 5.91 Å². The second-order valence-electron chi connectivity index (χ2n) is 4.48. The molecule has 1 amide bonds. The number of carbonyl (C=O) groups is 1. The minimum absolute atomic E-state index is 0.0347. The molecule has 88 valence electrons. The van der Waals surface area contributed by atoms with Gasteiger partial charge in [0.2, 0.25) is 5.91 Å². The highest BCUT2D eigenvalue weighted by atomic mass is 16.5. The zero-order valence-corrected chi connectivity index (χ0v) is 9.90. The van der Waals surface area contributed by atoms with Crippen LogP contribution in [0.3, 0.4) is 0 Å². The molecule has 0 aromatic carbocycles. The van der Waals surface area contributed by atoms with Crippen LogP contribution in [0.5, 0.6) is 0 Å². The predicted molar refractivity (Wildman–Crippen MR) is 59.4 cm³/mol. The van der Waals surface area contributed by atoms with Crippen LogP contribution in [-0.4, -0.2) is 42.6 Å². The summed E-state index contributed by atoms with van der Waals surface area (Å²) in [6.45, 7) is 7.94. The number of nitrogens with two attached hydrogens (primary N) is 1. The van der Waals surface area contributed by atoms with Crippen LogP contribution in [0.25, 0.3) is 0 Å². The Morgan fingerprint density at radius 2 is 2.00 bits per heavy atom. The summed E-state index contributed by atoms with van der Waals surface area (Å²) in [5.41, 5.74) is 5.46. The third-order valence-corrected chi connectivity index (χ3v) is 2.75. The number of nitrogens with zero attached hydrogens (tertiary/aromatic N) is 1. The summed E-state index contributed by atoms with van der Waals surface area (Å²) in [6.07, 6.45) is 1.05. The largest absolute Gasteiger partial charge is 0.372 e. The van der Waals surface area contributed by atoms with E-state index in [9.17, 15) is 4.79 Å². The van der Waals surface area contributed by atoms with Crippen LogP contribution in [0.2, 0.25) is 0 Å². The molecule has 4 nitrogen and oxygen atoms in total. The van der Waals surface area contributed by atoms with E-state index in [-0.39, 0.29) is 24.0 Å². The van der Waals surface area contributed by atoms with Gasteiger partial charge in [-0.3, -0.25) is 4.79 Å². The molecule has 0 bridgehead atoms. The van der Waals surface area contributed by atoms with Crippen LogP contribution in [0.1, 0.15) is 27.2 Å². The summed E-state index contributed by atoms with van der Waals surface area (Å²) in [6, 6.07) is 0. The van der Waals surface area contributed by atoms with Gasteiger partial charge in [-0.05, 0) is 26.8 Å². The monoisotopic (exact) mass is 214 g/mol. The molecule has 0 spiro atoms. The van der Waals surface area contributed by atoms with Crippen LogP contribution < -0.4 is 5.73 Å². The Bertz CT molecular complexity index is 211. The molecule has 1 heterocycles. The van der Waals surface area contributed by atoms with E-state index in [0.29, 0.717) is 19.6 Å². The highest BCUT2D eigenvalue weighted by Gasteiger charge is 2.28. The Morgan fingerprint density at radius 1 is 1.47 bits per heavy atom. The van der Waals surface area contributed by atoms with Gasteiger partial charge < -0.3 is 15.4 Å². The number of carbonyl (C=O) groups excluding carboxylic acids is 1. The topological polar surface area (TPSA) is 55.6 Å². The Hall–Kier alpha value is -0.610. The van der Waals surface area contributed by atoms with Crippen molar-refractivity contribution in [1.29, 1.82) is 0 Å². The van der Waals surface area contributed by atoms with Crippen LogP contribution in [0.4, 0.5) is 0 Å². The predicted octanol–water partition coefficient (Wildman–Crippen LogP) is 0.607. The molecule has 1 saturated heterocycles. The second-order valence-corrected chi connectivity index (χ2v) is 4.48. The summed E-state index contributed by atoms with van der Waals surface area (Å²) in [4.78, 5) is 13.9. The third kappa shape index (κ3) is 3.47. The summed E-state index contributed by atoms with van der Waals surface area (Å²) in [5, 5.41) is 0. The van der Waals surface area contributed by atoms with Gasteiger partial charge in [0.05, 0.1) is 12.2 Å². The van der Waals surface area contributed by atoms with Gasteiger partial charge in [-0.1, -0.05) is 6.92 Å². The molecule has 0 radical (unpaired) electrons. The first-order valence-corrected chi connectivity index (χ1v) is 5.69. The first kappa shape index (κ1) is 12.5. The molecule has 0 aromatic heterocycles. The molecule has 0 aliphatic carbocycles. The van der Waals surface area contributed by atoms with Gasteiger partial charge in [-0.2, -0.15) is 0 Å². The fourth-order valence-electron chi connectivity index (χ4n) is 2.04. The Kier molecular flexibility index (Phi) is 4.54. The van der Waals surface area contributed by atoms with Crippen LogP contribution >= 0.6 is 0 Å². The molecular weight excluding hydrogens is 192 g/mol. The molecule has 1 unspecified atom stereocenters. The van der Waals surface area contributed by atoms with E-state index >= 15 is 0 Å². The summed E-state index contributed by atoms with van der Waals surface area (Å²) < 4.78 is 5.59. The lowest BCUT2D eigenvalue weighted by Crippen LogP contribution is -2.49. The molecule has 3 atom stereocenters. The van der Waals surface area contributed by atoms with Crippen LogP contribution in [0.15, 0.2) is 0 Å². The van der Waals surface area contributed by atoms with Crippen molar-refractivity contribution in [3.8, 4) is 0 Å². The van der Waals surface area contributed by atoms with E-state index in [1.807, 2.05) is 25.7 Å². The van der Waals surface area contributed by atoms with Crippen LogP contribution in [-0.2, 0) is 9.53 Å². The molecule has 4 heteroatoms. The zero-order chi connectivity index (χ0) is 11.4. The lowest BCUT2D eigenvalue weighted by atomic mass is 10.1. The minimum Gasteiger partial charge on any atom is -0.372 e. The standard InChI is InChI=1S/C11H22N2O2/c1-8(4-5-12)11(14)13-6-9(2)15-10(3)7-13/h8-10H,4-7,12H2,1-3H3/t8?,9-,10+. The highest BCUT2D eigenvalue weighted by molar-refractivity contribution is 5.78. The smallest absolute Gasteiger partial charge is 0.225 e. The molecule has 1 rings (SSSR count). The van der Waals surface area contributed by atoms with Gasteiger partial charge >= 0.3 is 0 Å². The molecule has 15 heavy (non-hydrogen) atoms. The normalized spacial score (nSPS) is 28.9. The Labute approximate surface area is 91.8 Å². The van der Waals surface area contributed by atoms with Crippen LogP contribution in [0, 0.1) is 5.92 Å². The first-order chi connectivity index (χ1) is 7.04. The number of hydrogen-bond donors (Lipinski definition) is 1. The maximum Gasteiger partial charge on any atom is 0.225 e. The molecule has 0 aromatic rings.